The molecule has 1 aliphatic rings. The average Bonchev–Trinajstić information content (AvgIpc) is 2.89. The van der Waals surface area contributed by atoms with Gasteiger partial charge in [0.05, 0.1) is 19.0 Å². The van der Waals surface area contributed by atoms with Crippen molar-refractivity contribution in [2.24, 2.45) is 4.99 Å². The van der Waals surface area contributed by atoms with Crippen LogP contribution in [0.25, 0.3) is 11.9 Å². The molecule has 8 nitrogen and oxygen atoms in total. The summed E-state index contributed by atoms with van der Waals surface area (Å²) >= 11 is 5.71. The standard InChI is InChI=1S/C30H38ClF5N4O4Si/c1-27(2,3)44-26(41)40(18-42-11-12-45(6,7)8)25-29(5,30(34,35)36)43-17-28(4,39-25)20-13-19(9-10-21(20)32)14-22(33)23-15-38-24(31)16-37-23/h9-10,13-16H,11-12,17-18H2,1-8H3/b22-14-/t28-,29+/m0/s1. The first-order chi connectivity index (χ1) is 20.5. The molecule has 1 amide bonds. The van der Waals surface area contributed by atoms with E-state index in [1.807, 2.05) is 0 Å². The lowest BCUT2D eigenvalue weighted by Crippen LogP contribution is -2.63. The third kappa shape index (κ3) is 9.30. The van der Waals surface area contributed by atoms with Crippen molar-refractivity contribution < 1.29 is 41.0 Å². The molecule has 0 saturated heterocycles. The number of aromatic nitrogens is 2. The third-order valence-corrected chi connectivity index (χ3v) is 8.68. The molecule has 0 radical (unpaired) electrons. The highest BCUT2D eigenvalue weighted by molar-refractivity contribution is 6.76. The fourth-order valence-electron chi connectivity index (χ4n) is 4.14. The van der Waals surface area contributed by atoms with Crippen LogP contribution in [0.5, 0.6) is 0 Å². The van der Waals surface area contributed by atoms with Gasteiger partial charge in [-0.2, -0.15) is 13.2 Å². The lowest BCUT2D eigenvalue weighted by atomic mass is 9.88. The molecule has 248 valence electrons. The number of ether oxygens (including phenoxy) is 3. The van der Waals surface area contributed by atoms with Crippen molar-refractivity contribution in [3.63, 3.8) is 0 Å². The fourth-order valence-corrected chi connectivity index (χ4v) is 4.99. The zero-order chi connectivity index (χ0) is 34.0. The number of hydrogen-bond donors (Lipinski definition) is 0. The minimum atomic E-state index is -5.04. The number of rotatable bonds is 8. The van der Waals surface area contributed by atoms with Crippen LogP contribution in [-0.2, 0) is 19.7 Å². The Morgan fingerprint density at radius 1 is 1.16 bits per heavy atom. The van der Waals surface area contributed by atoms with Crippen LogP contribution in [0.4, 0.5) is 26.7 Å². The van der Waals surface area contributed by atoms with Crippen LogP contribution in [0.3, 0.4) is 0 Å². The highest BCUT2D eigenvalue weighted by Crippen LogP contribution is 2.44. The van der Waals surface area contributed by atoms with Gasteiger partial charge < -0.3 is 14.2 Å². The van der Waals surface area contributed by atoms with Gasteiger partial charge >= 0.3 is 12.3 Å². The number of benzene rings is 1. The van der Waals surface area contributed by atoms with Crippen molar-refractivity contribution in [1.82, 2.24) is 14.9 Å². The van der Waals surface area contributed by atoms with Gasteiger partial charge in [-0.15, -0.1) is 0 Å². The largest absolute Gasteiger partial charge is 0.443 e. The number of hydrogen-bond acceptors (Lipinski definition) is 7. The Kier molecular flexibility index (Phi) is 10.9. The quantitative estimate of drug-likeness (QED) is 0.121. The van der Waals surface area contributed by atoms with Gasteiger partial charge in [0.2, 0.25) is 5.60 Å². The summed E-state index contributed by atoms with van der Waals surface area (Å²) in [5.74, 6) is -2.52. The van der Waals surface area contributed by atoms with Gasteiger partial charge in [0.25, 0.3) is 0 Å². The first kappa shape index (κ1) is 36.5. The van der Waals surface area contributed by atoms with Crippen LogP contribution in [0.2, 0.25) is 30.8 Å². The van der Waals surface area contributed by atoms with Crippen molar-refractivity contribution in [3.05, 3.63) is 58.4 Å². The smallest absolute Gasteiger partial charge is 0.424 e. The zero-order valence-electron chi connectivity index (χ0n) is 26.5. The summed E-state index contributed by atoms with van der Waals surface area (Å²) in [6.07, 6.45) is -2.88. The summed E-state index contributed by atoms with van der Waals surface area (Å²) in [5, 5.41) is 0.0576. The van der Waals surface area contributed by atoms with Crippen molar-refractivity contribution in [3.8, 4) is 0 Å². The predicted molar refractivity (Wildman–Crippen MR) is 165 cm³/mol. The van der Waals surface area contributed by atoms with Gasteiger partial charge in [0, 0.05) is 20.2 Å². The molecule has 2 aromatic rings. The summed E-state index contributed by atoms with van der Waals surface area (Å²) in [7, 11) is -1.59. The topological polar surface area (TPSA) is 86.1 Å². The van der Waals surface area contributed by atoms with Gasteiger partial charge in [0.15, 0.2) is 11.7 Å². The number of amides is 1. The van der Waals surface area contributed by atoms with Gasteiger partial charge in [-0.05, 0) is 64.4 Å². The lowest BCUT2D eigenvalue weighted by Gasteiger charge is -2.45. The third-order valence-electron chi connectivity index (χ3n) is 6.78. The van der Waals surface area contributed by atoms with Crippen LogP contribution in [0.1, 0.15) is 51.4 Å². The van der Waals surface area contributed by atoms with E-state index in [-0.39, 0.29) is 28.6 Å². The Morgan fingerprint density at radius 2 is 1.82 bits per heavy atom. The molecule has 2 heterocycles. The van der Waals surface area contributed by atoms with E-state index in [0.29, 0.717) is 10.9 Å². The summed E-state index contributed by atoms with van der Waals surface area (Å²) in [6.45, 7) is 11.9. The molecule has 0 fully saturated rings. The second-order valence-electron chi connectivity index (χ2n) is 13.2. The minimum Gasteiger partial charge on any atom is -0.443 e. The first-order valence-corrected chi connectivity index (χ1v) is 18.2. The summed E-state index contributed by atoms with van der Waals surface area (Å²) in [4.78, 5) is 26.0. The fraction of sp³-hybridized carbons (Fsp3) is 0.533. The molecule has 1 aliphatic heterocycles. The average molecular weight is 677 g/mol. The number of carbonyl (C=O) groups is 1. The van der Waals surface area contributed by atoms with Gasteiger partial charge in [-0.1, -0.05) is 37.3 Å². The van der Waals surface area contributed by atoms with Crippen molar-refractivity contribution >= 4 is 43.5 Å². The summed E-state index contributed by atoms with van der Waals surface area (Å²) in [6, 6.07) is 4.22. The van der Waals surface area contributed by atoms with Crippen molar-refractivity contribution in [2.75, 3.05) is 19.9 Å². The molecular formula is C30H38ClF5N4O4Si. The minimum absolute atomic E-state index is 0.0576. The first-order valence-electron chi connectivity index (χ1n) is 14.1. The normalized spacial score (nSPS) is 21.4. The van der Waals surface area contributed by atoms with Crippen LogP contribution >= 0.6 is 11.6 Å². The molecule has 0 aliphatic carbocycles. The maximum Gasteiger partial charge on any atom is 0.424 e. The molecule has 15 heteroatoms. The van der Waals surface area contributed by atoms with Crippen molar-refractivity contribution in [2.45, 2.75) is 83.2 Å². The second kappa shape index (κ2) is 13.4. The molecule has 0 N–H and O–H groups in total. The summed E-state index contributed by atoms with van der Waals surface area (Å²) in [5.41, 5.74) is -6.13. The number of alkyl halides is 3. The van der Waals surface area contributed by atoms with E-state index >= 15 is 4.39 Å². The molecule has 0 bridgehead atoms. The Morgan fingerprint density at radius 3 is 2.38 bits per heavy atom. The molecule has 1 aromatic heterocycles. The second-order valence-corrected chi connectivity index (χ2v) is 19.2. The van der Waals surface area contributed by atoms with Crippen LogP contribution < -0.4 is 0 Å². The number of nitrogens with zero attached hydrogens (tertiary/aromatic N) is 4. The molecule has 2 atom stereocenters. The monoisotopic (exact) mass is 676 g/mol. The number of carbonyl (C=O) groups excluding carboxylic acids is 1. The van der Waals surface area contributed by atoms with Crippen LogP contribution in [0.15, 0.2) is 35.6 Å². The molecule has 3 rings (SSSR count). The van der Waals surface area contributed by atoms with Crippen LogP contribution in [0, 0.1) is 5.82 Å². The molecule has 1 aromatic carbocycles. The molecule has 0 saturated carbocycles. The SMILES string of the molecule is CC(C)(C)OC(=O)N(COCC[Si](C)(C)C)C1=N[C@](C)(c2cc(/C=C(\F)c3cnc(Cl)cn3)ccc2F)CO[C@@]1(C)C(F)(F)F. The maximum atomic E-state index is 15.4. The van der Waals surface area contributed by atoms with E-state index in [9.17, 15) is 22.4 Å². The van der Waals surface area contributed by atoms with Gasteiger partial charge in [-0.25, -0.2) is 28.4 Å². The van der Waals surface area contributed by atoms with E-state index in [1.165, 1.54) is 19.1 Å². The predicted octanol–water partition coefficient (Wildman–Crippen LogP) is 8.25. The lowest BCUT2D eigenvalue weighted by molar-refractivity contribution is -0.252. The van der Waals surface area contributed by atoms with Crippen molar-refractivity contribution in [1.29, 1.82) is 0 Å². The van der Waals surface area contributed by atoms with Gasteiger partial charge in [-0.3, -0.25) is 4.99 Å². The summed E-state index contributed by atoms with van der Waals surface area (Å²) < 4.78 is 90.8. The van der Waals surface area contributed by atoms with E-state index in [2.05, 4.69) is 34.6 Å². The zero-order valence-corrected chi connectivity index (χ0v) is 28.2. The molecule has 0 spiro atoms. The van der Waals surface area contributed by atoms with E-state index in [4.69, 9.17) is 25.8 Å². The molecule has 0 unspecified atom stereocenters. The Bertz CT molecular complexity index is 1440. The molecular weight excluding hydrogens is 639 g/mol. The number of halogens is 6. The Labute approximate surface area is 265 Å². The Balaban J connectivity index is 2.14. The molecule has 45 heavy (non-hydrogen) atoms. The maximum absolute atomic E-state index is 15.4. The van der Waals surface area contributed by atoms with E-state index in [1.54, 1.807) is 20.8 Å². The van der Waals surface area contributed by atoms with E-state index in [0.717, 1.165) is 31.5 Å². The number of aliphatic imine (C=N–C) groups is 1. The highest BCUT2D eigenvalue weighted by atomic mass is 35.5. The highest BCUT2D eigenvalue weighted by Gasteiger charge is 2.62. The van der Waals surface area contributed by atoms with Gasteiger partial charge in [0.1, 0.15) is 34.5 Å². The van der Waals surface area contributed by atoms with E-state index < -0.39 is 67.9 Å². The number of amidine groups is 1. The van der Waals surface area contributed by atoms with Crippen LogP contribution in [-0.4, -0.2) is 72.2 Å². The Hall–Kier alpha value is -2.94.